The predicted octanol–water partition coefficient (Wildman–Crippen LogP) is 2.26. The molecule has 12 nitrogen and oxygen atoms in total. The minimum atomic E-state index is -3.75. The van der Waals surface area contributed by atoms with Gasteiger partial charge in [0, 0.05) is 76.8 Å². The van der Waals surface area contributed by atoms with Gasteiger partial charge in [-0.25, -0.2) is 13.2 Å². The zero-order chi connectivity index (χ0) is 31.7. The van der Waals surface area contributed by atoms with Crippen LogP contribution < -0.4 is 5.32 Å². The number of nitrogens with one attached hydrogen (secondary N) is 1. The van der Waals surface area contributed by atoms with E-state index in [1.165, 1.54) is 35.5 Å². The Kier molecular flexibility index (Phi) is 9.20. The number of sulfonamides is 1. The lowest BCUT2D eigenvalue weighted by molar-refractivity contribution is -0.129. The van der Waals surface area contributed by atoms with Crippen molar-refractivity contribution in [2.24, 2.45) is 10.8 Å². The molecule has 0 saturated carbocycles. The van der Waals surface area contributed by atoms with E-state index in [-0.39, 0.29) is 47.4 Å². The van der Waals surface area contributed by atoms with Crippen LogP contribution >= 0.6 is 0 Å². The van der Waals surface area contributed by atoms with E-state index in [1.54, 1.807) is 9.58 Å². The van der Waals surface area contributed by atoms with Crippen molar-refractivity contribution in [2.45, 2.75) is 64.8 Å². The van der Waals surface area contributed by atoms with E-state index < -0.39 is 21.4 Å². The van der Waals surface area contributed by atoms with Crippen LogP contribution in [0.25, 0.3) is 0 Å². The summed E-state index contributed by atoms with van der Waals surface area (Å²) < 4.78 is 40.7. The molecule has 2 fully saturated rings. The Labute approximate surface area is 259 Å². The highest BCUT2D eigenvalue weighted by Gasteiger charge is 2.40. The molecule has 0 unspecified atom stereocenters. The molecule has 5 rings (SSSR count). The molecular weight excluding hydrogens is 586 g/mol. The topological polar surface area (TPSA) is 140 Å². The molecule has 2 amide bonds. The molecule has 44 heavy (non-hydrogen) atoms. The van der Waals surface area contributed by atoms with Gasteiger partial charge >= 0.3 is 5.97 Å². The highest BCUT2D eigenvalue weighted by atomic mass is 32.2. The van der Waals surface area contributed by atoms with Crippen LogP contribution in [-0.4, -0.2) is 97.7 Å². The highest BCUT2D eigenvalue weighted by Crippen LogP contribution is 2.39. The Morgan fingerprint density at radius 1 is 1.09 bits per heavy atom. The maximum atomic E-state index is 13.1. The second-order valence-corrected chi connectivity index (χ2v) is 14.9. The molecule has 3 aliphatic heterocycles. The summed E-state index contributed by atoms with van der Waals surface area (Å²) in [5.74, 6) is -0.721. The minimum Gasteiger partial charge on any atom is -0.462 e. The summed E-state index contributed by atoms with van der Waals surface area (Å²) in [6.45, 7) is 11.2. The number of amides is 2. The van der Waals surface area contributed by atoms with Crippen molar-refractivity contribution in [1.29, 1.82) is 0 Å². The van der Waals surface area contributed by atoms with Crippen LogP contribution in [0.5, 0.6) is 0 Å². The second-order valence-electron chi connectivity index (χ2n) is 12.9. The van der Waals surface area contributed by atoms with E-state index in [9.17, 15) is 22.8 Å². The van der Waals surface area contributed by atoms with Crippen LogP contribution in [0.2, 0.25) is 0 Å². The summed E-state index contributed by atoms with van der Waals surface area (Å²) in [7, 11) is -3.75. The summed E-state index contributed by atoms with van der Waals surface area (Å²) >= 11 is 0. The van der Waals surface area contributed by atoms with Gasteiger partial charge in [0.15, 0.2) is 0 Å². The van der Waals surface area contributed by atoms with Gasteiger partial charge in [0.05, 0.1) is 22.8 Å². The number of aromatic nitrogens is 2. The van der Waals surface area contributed by atoms with E-state index in [4.69, 9.17) is 14.6 Å². The Bertz CT molecular complexity index is 1500. The first-order chi connectivity index (χ1) is 20.8. The normalized spacial score (nSPS) is 19.3. The summed E-state index contributed by atoms with van der Waals surface area (Å²) in [6, 6.07) is 5.75. The van der Waals surface area contributed by atoms with Crippen molar-refractivity contribution >= 4 is 27.8 Å². The Morgan fingerprint density at radius 2 is 1.75 bits per heavy atom. The van der Waals surface area contributed by atoms with Crippen LogP contribution in [0.3, 0.4) is 0 Å². The van der Waals surface area contributed by atoms with Crippen LogP contribution in [0.15, 0.2) is 29.2 Å². The number of nitrogens with zero attached hydrogens (tertiary/aromatic N) is 4. The van der Waals surface area contributed by atoms with E-state index in [0.29, 0.717) is 51.5 Å². The van der Waals surface area contributed by atoms with Crippen molar-refractivity contribution in [3.63, 3.8) is 0 Å². The molecule has 0 atom stereocenters. The average Bonchev–Trinajstić information content (AvgIpc) is 3.27. The number of aryl methyl sites for hydroxylation is 1. The summed E-state index contributed by atoms with van der Waals surface area (Å²) in [6.07, 6.45) is 3.02. The molecule has 13 heteroatoms. The molecular formula is C31H43N5O7S. The van der Waals surface area contributed by atoms with E-state index >= 15 is 0 Å². The lowest BCUT2D eigenvalue weighted by Crippen LogP contribution is -2.49. The number of piperazine rings is 1. The molecule has 1 aromatic heterocycles. The molecule has 1 spiro atoms. The molecule has 0 bridgehead atoms. The van der Waals surface area contributed by atoms with Crippen molar-refractivity contribution in [3.05, 3.63) is 46.8 Å². The lowest BCUT2D eigenvalue weighted by atomic mass is 9.74. The number of benzene rings is 1. The third-order valence-electron chi connectivity index (χ3n) is 9.03. The standard InChI is InChI=1S/C31H43N5O7S/c1-5-36-27-25(18-31(20-32-28(27)38)10-16-42-17-11-31)26(33-36)19-30(3,4)21-43-29(39)23-6-8-24(9-7-23)44(40,41)35-14-12-34(13-15-35)22(2)37/h6-9H,5,10-21H2,1-4H3,(H,32,38). The van der Waals surface area contributed by atoms with Gasteiger partial charge in [-0.2, -0.15) is 9.40 Å². The average molecular weight is 630 g/mol. The molecule has 0 radical (unpaired) electrons. The predicted molar refractivity (Wildman–Crippen MR) is 162 cm³/mol. The number of fused-ring (bicyclic) bond motifs is 1. The zero-order valence-electron chi connectivity index (χ0n) is 26.1. The molecule has 1 N–H and O–H groups in total. The van der Waals surface area contributed by atoms with Crippen LogP contribution in [0.4, 0.5) is 0 Å². The Morgan fingerprint density at radius 3 is 2.36 bits per heavy atom. The summed E-state index contributed by atoms with van der Waals surface area (Å²) in [5.41, 5.74) is 2.16. The monoisotopic (exact) mass is 629 g/mol. The van der Waals surface area contributed by atoms with Crippen molar-refractivity contribution < 1.29 is 32.3 Å². The maximum absolute atomic E-state index is 13.1. The SMILES string of the molecule is CCn1nc(CC(C)(C)COC(=O)c2ccc(S(=O)(=O)N3CCN(C(C)=O)CC3)cc2)c2c1C(=O)NCC1(CCOCC1)C2. The number of hydrogen-bond donors (Lipinski definition) is 1. The molecule has 240 valence electrons. The highest BCUT2D eigenvalue weighted by molar-refractivity contribution is 7.89. The van der Waals surface area contributed by atoms with Crippen LogP contribution in [0, 0.1) is 10.8 Å². The van der Waals surface area contributed by atoms with Crippen molar-refractivity contribution in [2.75, 3.05) is 52.5 Å². The van der Waals surface area contributed by atoms with Crippen molar-refractivity contribution in [3.8, 4) is 0 Å². The number of carbonyl (C=O) groups excluding carboxylic acids is 3. The largest absolute Gasteiger partial charge is 0.462 e. The molecule has 3 aliphatic rings. The van der Waals surface area contributed by atoms with E-state index in [0.717, 1.165) is 30.5 Å². The third-order valence-corrected chi connectivity index (χ3v) is 10.9. The van der Waals surface area contributed by atoms with Gasteiger partial charge in [-0.05, 0) is 55.9 Å². The molecule has 4 heterocycles. The third kappa shape index (κ3) is 6.69. The summed E-state index contributed by atoms with van der Waals surface area (Å²) in [5, 5.41) is 7.97. The molecule has 2 saturated heterocycles. The minimum absolute atomic E-state index is 0.0608. The van der Waals surface area contributed by atoms with Crippen molar-refractivity contribution in [1.82, 2.24) is 24.3 Å². The van der Waals surface area contributed by atoms with Crippen LogP contribution in [0.1, 0.15) is 72.6 Å². The Balaban J connectivity index is 1.24. The van der Waals surface area contributed by atoms with Gasteiger partial charge in [0.25, 0.3) is 5.91 Å². The second kappa shape index (κ2) is 12.6. The van der Waals surface area contributed by atoms with Crippen LogP contribution in [-0.2, 0) is 43.7 Å². The smallest absolute Gasteiger partial charge is 0.338 e. The molecule has 2 aromatic rings. The van der Waals surface area contributed by atoms with Gasteiger partial charge in [0.2, 0.25) is 15.9 Å². The first-order valence-corrected chi connectivity index (χ1v) is 16.8. The van der Waals surface area contributed by atoms with Gasteiger partial charge < -0.3 is 19.7 Å². The fraction of sp³-hybridized carbons (Fsp3) is 0.613. The lowest BCUT2D eigenvalue weighted by Gasteiger charge is -2.36. The first kappa shape index (κ1) is 32.1. The Hall–Kier alpha value is -3.29. The number of carbonyl (C=O) groups is 3. The number of rotatable bonds is 8. The molecule has 1 aromatic carbocycles. The van der Waals surface area contributed by atoms with Gasteiger partial charge in [-0.15, -0.1) is 0 Å². The van der Waals surface area contributed by atoms with Gasteiger partial charge in [-0.3, -0.25) is 14.3 Å². The quantitative estimate of drug-likeness (QED) is 0.439. The summed E-state index contributed by atoms with van der Waals surface area (Å²) in [4.78, 5) is 39.4. The number of ether oxygens (including phenoxy) is 2. The fourth-order valence-corrected chi connectivity index (χ4v) is 7.73. The number of esters is 1. The zero-order valence-corrected chi connectivity index (χ0v) is 26.9. The van der Waals surface area contributed by atoms with Gasteiger partial charge in [0.1, 0.15) is 5.69 Å². The number of hydrogen-bond acceptors (Lipinski definition) is 8. The van der Waals surface area contributed by atoms with E-state index in [1.807, 2.05) is 20.8 Å². The maximum Gasteiger partial charge on any atom is 0.338 e. The van der Waals surface area contributed by atoms with Gasteiger partial charge in [-0.1, -0.05) is 13.8 Å². The van der Waals surface area contributed by atoms with E-state index in [2.05, 4.69) is 5.32 Å². The molecule has 0 aliphatic carbocycles. The fourth-order valence-electron chi connectivity index (χ4n) is 6.31. The first-order valence-electron chi connectivity index (χ1n) is 15.3.